The average molecular weight is 438 g/mol. The zero-order valence-corrected chi connectivity index (χ0v) is 17.6. The molecular formula is C19H17ClFN3O2S2. The number of nitrogens with one attached hydrogen (secondary N) is 1. The molecule has 1 N–H and O–H groups in total. The Hall–Kier alpha value is -2.16. The maximum atomic E-state index is 13.6. The number of nitrogens with zero attached hydrogens (tertiary/aromatic N) is 2. The highest BCUT2D eigenvalue weighted by atomic mass is 35.5. The lowest BCUT2D eigenvalue weighted by Gasteiger charge is -2.09. The first-order chi connectivity index (χ1) is 13.4. The summed E-state index contributed by atoms with van der Waals surface area (Å²) in [5.41, 5.74) is 2.37. The molecule has 5 nitrogen and oxygen atoms in total. The van der Waals surface area contributed by atoms with Crippen LogP contribution in [0.25, 0.3) is 0 Å². The Morgan fingerprint density at radius 1 is 1.25 bits per heavy atom. The number of carbonyl (C=O) groups excluding carboxylic acids is 1. The SMILES string of the molecule is Cc1cc(OCC(=O)Nc2nnc(SCc3ccccc3F)s2)cc(C)c1Cl. The van der Waals surface area contributed by atoms with Crippen molar-refractivity contribution in [2.45, 2.75) is 23.9 Å². The average Bonchev–Trinajstić information content (AvgIpc) is 3.11. The van der Waals surface area contributed by atoms with Gasteiger partial charge in [0.25, 0.3) is 5.91 Å². The van der Waals surface area contributed by atoms with Gasteiger partial charge in [0, 0.05) is 10.8 Å². The van der Waals surface area contributed by atoms with Crippen molar-refractivity contribution in [2.24, 2.45) is 0 Å². The Labute approximate surface area is 175 Å². The molecule has 1 aromatic heterocycles. The Morgan fingerprint density at radius 2 is 1.96 bits per heavy atom. The van der Waals surface area contributed by atoms with Gasteiger partial charge in [-0.3, -0.25) is 10.1 Å². The molecule has 0 spiro atoms. The van der Waals surface area contributed by atoms with Gasteiger partial charge in [-0.2, -0.15) is 0 Å². The van der Waals surface area contributed by atoms with Gasteiger partial charge < -0.3 is 4.74 Å². The van der Waals surface area contributed by atoms with E-state index in [2.05, 4.69) is 15.5 Å². The van der Waals surface area contributed by atoms with Gasteiger partial charge in [0.2, 0.25) is 5.13 Å². The summed E-state index contributed by atoms with van der Waals surface area (Å²) in [7, 11) is 0. The highest BCUT2D eigenvalue weighted by Crippen LogP contribution is 2.29. The van der Waals surface area contributed by atoms with Crippen molar-refractivity contribution in [3.8, 4) is 5.75 Å². The third-order valence-corrected chi connectivity index (χ3v) is 6.36. The summed E-state index contributed by atoms with van der Waals surface area (Å²) < 4.78 is 19.8. The maximum Gasteiger partial charge on any atom is 0.264 e. The Bertz CT molecular complexity index is 974. The first kappa shape index (κ1) is 20.6. The highest BCUT2D eigenvalue weighted by molar-refractivity contribution is 8.00. The van der Waals surface area contributed by atoms with E-state index in [-0.39, 0.29) is 18.3 Å². The normalized spacial score (nSPS) is 10.7. The van der Waals surface area contributed by atoms with Crippen LogP contribution in [-0.4, -0.2) is 22.7 Å². The quantitative estimate of drug-likeness (QED) is 0.403. The number of aryl methyl sites for hydroxylation is 2. The second kappa shape index (κ2) is 9.36. The number of thioether (sulfide) groups is 1. The number of carbonyl (C=O) groups is 1. The molecule has 0 radical (unpaired) electrons. The fourth-order valence-corrected chi connectivity index (χ4v) is 4.23. The number of ether oxygens (including phenoxy) is 1. The van der Waals surface area contributed by atoms with E-state index in [1.807, 2.05) is 13.8 Å². The van der Waals surface area contributed by atoms with Crippen molar-refractivity contribution in [1.82, 2.24) is 10.2 Å². The van der Waals surface area contributed by atoms with Crippen LogP contribution in [0.4, 0.5) is 9.52 Å². The number of hydrogen-bond acceptors (Lipinski definition) is 6. The smallest absolute Gasteiger partial charge is 0.264 e. The van der Waals surface area contributed by atoms with Gasteiger partial charge >= 0.3 is 0 Å². The fourth-order valence-electron chi connectivity index (χ4n) is 2.37. The van der Waals surface area contributed by atoms with Crippen molar-refractivity contribution in [1.29, 1.82) is 0 Å². The second-order valence-electron chi connectivity index (χ2n) is 5.96. The summed E-state index contributed by atoms with van der Waals surface area (Å²) in [6, 6.07) is 10.1. The van der Waals surface area contributed by atoms with Crippen molar-refractivity contribution in [3.05, 3.63) is 63.9 Å². The Balaban J connectivity index is 1.50. The van der Waals surface area contributed by atoms with Crippen LogP contribution in [0.3, 0.4) is 0 Å². The summed E-state index contributed by atoms with van der Waals surface area (Å²) in [5.74, 6) is 0.422. The fraction of sp³-hybridized carbons (Fsp3) is 0.211. The van der Waals surface area contributed by atoms with Gasteiger partial charge in [-0.15, -0.1) is 10.2 Å². The van der Waals surface area contributed by atoms with Gasteiger partial charge in [-0.05, 0) is 48.7 Å². The molecule has 0 bridgehead atoms. The predicted octanol–water partition coefficient (Wildman–Crippen LogP) is 5.26. The van der Waals surface area contributed by atoms with E-state index in [0.29, 0.717) is 31.6 Å². The van der Waals surface area contributed by atoms with Gasteiger partial charge in [-0.25, -0.2) is 4.39 Å². The van der Waals surface area contributed by atoms with E-state index in [0.717, 1.165) is 11.1 Å². The lowest BCUT2D eigenvalue weighted by Crippen LogP contribution is -2.20. The molecule has 1 heterocycles. The molecule has 0 aliphatic carbocycles. The van der Waals surface area contributed by atoms with Crippen molar-refractivity contribution >= 4 is 45.7 Å². The minimum atomic E-state index is -0.341. The molecule has 0 atom stereocenters. The Morgan fingerprint density at radius 3 is 2.68 bits per heavy atom. The molecule has 1 amide bonds. The van der Waals surface area contributed by atoms with E-state index in [1.54, 1.807) is 30.3 Å². The zero-order chi connectivity index (χ0) is 20.1. The number of aromatic nitrogens is 2. The number of hydrogen-bond donors (Lipinski definition) is 1. The van der Waals surface area contributed by atoms with E-state index in [4.69, 9.17) is 16.3 Å². The molecule has 2 aromatic carbocycles. The van der Waals surface area contributed by atoms with Crippen molar-refractivity contribution in [3.63, 3.8) is 0 Å². The standard InChI is InChI=1S/C19H17ClFN3O2S2/c1-11-7-14(8-12(2)17(11)20)26-9-16(25)22-18-23-24-19(28-18)27-10-13-5-3-4-6-15(13)21/h3-8H,9-10H2,1-2H3,(H,22,23,25). The van der Waals surface area contributed by atoms with Gasteiger partial charge in [0.15, 0.2) is 10.9 Å². The van der Waals surface area contributed by atoms with E-state index < -0.39 is 0 Å². The molecule has 0 aliphatic rings. The molecule has 3 rings (SSSR count). The van der Waals surface area contributed by atoms with Crippen LogP contribution in [0.5, 0.6) is 5.75 Å². The topological polar surface area (TPSA) is 64.1 Å². The summed E-state index contributed by atoms with van der Waals surface area (Å²) in [5, 5.41) is 11.6. The molecule has 0 aliphatic heterocycles. The van der Waals surface area contributed by atoms with Crippen LogP contribution in [0.1, 0.15) is 16.7 Å². The lowest BCUT2D eigenvalue weighted by atomic mass is 10.1. The summed E-state index contributed by atoms with van der Waals surface area (Å²) in [6.07, 6.45) is 0. The number of benzene rings is 2. The van der Waals surface area contributed by atoms with E-state index in [1.165, 1.54) is 29.2 Å². The summed E-state index contributed by atoms with van der Waals surface area (Å²) >= 11 is 8.71. The summed E-state index contributed by atoms with van der Waals surface area (Å²) in [4.78, 5) is 12.1. The third-order valence-electron chi connectivity index (χ3n) is 3.74. The first-order valence-corrected chi connectivity index (χ1v) is 10.5. The molecule has 3 aromatic rings. The monoisotopic (exact) mass is 437 g/mol. The van der Waals surface area contributed by atoms with Crippen LogP contribution < -0.4 is 10.1 Å². The van der Waals surface area contributed by atoms with E-state index >= 15 is 0 Å². The van der Waals surface area contributed by atoms with Crippen LogP contribution in [-0.2, 0) is 10.5 Å². The zero-order valence-electron chi connectivity index (χ0n) is 15.2. The molecular weight excluding hydrogens is 421 g/mol. The lowest BCUT2D eigenvalue weighted by molar-refractivity contribution is -0.118. The summed E-state index contributed by atoms with van der Waals surface area (Å²) in [6.45, 7) is 3.60. The molecule has 146 valence electrons. The number of halogens is 2. The minimum absolute atomic E-state index is 0.155. The molecule has 0 saturated heterocycles. The van der Waals surface area contributed by atoms with Gasteiger partial charge in [-0.1, -0.05) is 52.9 Å². The molecule has 9 heteroatoms. The highest BCUT2D eigenvalue weighted by Gasteiger charge is 2.11. The van der Waals surface area contributed by atoms with Crippen molar-refractivity contribution in [2.75, 3.05) is 11.9 Å². The molecule has 0 saturated carbocycles. The molecule has 28 heavy (non-hydrogen) atoms. The van der Waals surface area contributed by atoms with Gasteiger partial charge in [0.05, 0.1) is 0 Å². The van der Waals surface area contributed by atoms with Crippen LogP contribution in [0.15, 0.2) is 40.7 Å². The van der Waals surface area contributed by atoms with E-state index in [9.17, 15) is 9.18 Å². The third kappa shape index (κ3) is 5.43. The minimum Gasteiger partial charge on any atom is -0.484 e. The largest absolute Gasteiger partial charge is 0.484 e. The second-order valence-corrected chi connectivity index (χ2v) is 8.54. The Kier molecular flexibility index (Phi) is 6.88. The van der Waals surface area contributed by atoms with Crippen LogP contribution >= 0.6 is 34.7 Å². The van der Waals surface area contributed by atoms with Crippen molar-refractivity contribution < 1.29 is 13.9 Å². The predicted molar refractivity (Wildman–Crippen MR) is 111 cm³/mol. The number of rotatable bonds is 7. The van der Waals surface area contributed by atoms with Crippen LogP contribution in [0.2, 0.25) is 5.02 Å². The van der Waals surface area contributed by atoms with Gasteiger partial charge in [0.1, 0.15) is 11.6 Å². The number of anilines is 1. The molecule has 0 unspecified atom stereocenters. The maximum absolute atomic E-state index is 13.6. The molecule has 0 fully saturated rings. The first-order valence-electron chi connectivity index (χ1n) is 8.31. The van der Waals surface area contributed by atoms with Crippen LogP contribution in [0, 0.1) is 19.7 Å². The number of amides is 1.